The lowest BCUT2D eigenvalue weighted by Gasteiger charge is -2.26. The number of aryl methyl sites for hydroxylation is 1. The summed E-state index contributed by atoms with van der Waals surface area (Å²) in [7, 11) is 0. The first-order valence-electron chi connectivity index (χ1n) is 5.27. The van der Waals surface area contributed by atoms with Gasteiger partial charge in [-0.15, -0.1) is 0 Å². The molecule has 1 aromatic rings. The number of rotatable bonds is 1. The minimum Gasteiger partial charge on any atom is -0.508 e. The number of aromatic hydroxyl groups is 1. The maximum Gasteiger partial charge on any atom is 0.131 e. The standard InChI is InChI=1S/C12H16FNO/c1-8-6-9(10(13)7-11(8)15)12(2)4-3-5-14-12/h6-7,14-15H,3-5H2,1-2H3. The molecule has 3 heteroatoms. The molecule has 1 heterocycles. The topological polar surface area (TPSA) is 32.3 Å². The van der Waals surface area contributed by atoms with E-state index in [0.717, 1.165) is 24.9 Å². The predicted molar refractivity (Wildman–Crippen MR) is 57.4 cm³/mol. The van der Waals surface area contributed by atoms with Gasteiger partial charge in [-0.1, -0.05) is 0 Å². The van der Waals surface area contributed by atoms with Crippen LogP contribution in [0.5, 0.6) is 5.75 Å². The zero-order valence-corrected chi connectivity index (χ0v) is 9.10. The molecule has 1 aromatic carbocycles. The quantitative estimate of drug-likeness (QED) is 0.744. The van der Waals surface area contributed by atoms with Gasteiger partial charge >= 0.3 is 0 Å². The van der Waals surface area contributed by atoms with Crippen LogP contribution in [0, 0.1) is 12.7 Å². The van der Waals surface area contributed by atoms with Crippen LogP contribution in [-0.4, -0.2) is 11.7 Å². The van der Waals surface area contributed by atoms with E-state index in [2.05, 4.69) is 5.32 Å². The number of phenolic OH excluding ortho intramolecular Hbond substituents is 1. The Kier molecular flexibility index (Phi) is 2.43. The average Bonchev–Trinajstić information content (AvgIpc) is 2.60. The summed E-state index contributed by atoms with van der Waals surface area (Å²) in [6.07, 6.45) is 2.00. The van der Waals surface area contributed by atoms with Crippen LogP contribution in [0.15, 0.2) is 12.1 Å². The zero-order chi connectivity index (χ0) is 11.1. The molecule has 0 bridgehead atoms. The second-order valence-electron chi connectivity index (χ2n) is 4.48. The normalized spacial score (nSPS) is 25.8. The molecular formula is C12H16FNO. The van der Waals surface area contributed by atoms with E-state index >= 15 is 0 Å². The smallest absolute Gasteiger partial charge is 0.131 e. The van der Waals surface area contributed by atoms with Gasteiger partial charge in [0.1, 0.15) is 11.6 Å². The summed E-state index contributed by atoms with van der Waals surface area (Å²) in [6, 6.07) is 2.94. The molecule has 2 rings (SSSR count). The molecule has 1 atom stereocenters. The highest BCUT2D eigenvalue weighted by Crippen LogP contribution is 2.34. The van der Waals surface area contributed by atoms with Gasteiger partial charge in [0.25, 0.3) is 0 Å². The Bertz CT molecular complexity index is 383. The fraction of sp³-hybridized carbons (Fsp3) is 0.500. The van der Waals surface area contributed by atoms with Crippen molar-refractivity contribution in [3.63, 3.8) is 0 Å². The van der Waals surface area contributed by atoms with Crippen LogP contribution in [0.25, 0.3) is 0 Å². The first-order valence-corrected chi connectivity index (χ1v) is 5.27. The number of phenols is 1. The Morgan fingerprint density at radius 3 is 2.80 bits per heavy atom. The van der Waals surface area contributed by atoms with Gasteiger partial charge in [0.15, 0.2) is 0 Å². The number of nitrogens with one attached hydrogen (secondary N) is 1. The second kappa shape index (κ2) is 3.49. The molecule has 0 aromatic heterocycles. The molecule has 0 aliphatic carbocycles. The van der Waals surface area contributed by atoms with Crippen molar-refractivity contribution in [1.29, 1.82) is 0 Å². The van der Waals surface area contributed by atoms with E-state index in [1.54, 1.807) is 13.0 Å². The molecule has 0 radical (unpaired) electrons. The van der Waals surface area contributed by atoms with Crippen molar-refractivity contribution in [3.8, 4) is 5.75 Å². The van der Waals surface area contributed by atoms with Crippen molar-refractivity contribution in [2.75, 3.05) is 6.54 Å². The first-order chi connectivity index (χ1) is 7.03. The summed E-state index contributed by atoms with van der Waals surface area (Å²) in [5, 5.41) is 12.7. The number of hydrogen-bond acceptors (Lipinski definition) is 2. The van der Waals surface area contributed by atoms with Crippen LogP contribution in [0.4, 0.5) is 4.39 Å². The van der Waals surface area contributed by atoms with Gasteiger partial charge in [-0.25, -0.2) is 4.39 Å². The third kappa shape index (κ3) is 1.72. The van der Waals surface area contributed by atoms with E-state index in [1.165, 1.54) is 6.07 Å². The van der Waals surface area contributed by atoms with Crippen molar-refractivity contribution < 1.29 is 9.50 Å². The third-order valence-corrected chi connectivity index (χ3v) is 3.25. The number of hydrogen-bond donors (Lipinski definition) is 2. The van der Waals surface area contributed by atoms with Crippen LogP contribution in [0.1, 0.15) is 30.9 Å². The van der Waals surface area contributed by atoms with Gasteiger partial charge < -0.3 is 10.4 Å². The molecule has 1 aliphatic heterocycles. The van der Waals surface area contributed by atoms with Gasteiger partial charge in [-0.3, -0.25) is 0 Å². The van der Waals surface area contributed by atoms with Gasteiger partial charge in [-0.05, 0) is 44.9 Å². The second-order valence-corrected chi connectivity index (χ2v) is 4.48. The highest BCUT2D eigenvalue weighted by molar-refractivity contribution is 5.39. The maximum atomic E-state index is 13.7. The van der Waals surface area contributed by atoms with Crippen LogP contribution in [0.2, 0.25) is 0 Å². The van der Waals surface area contributed by atoms with Crippen molar-refractivity contribution >= 4 is 0 Å². The summed E-state index contributed by atoms with van der Waals surface area (Å²) in [4.78, 5) is 0. The third-order valence-electron chi connectivity index (χ3n) is 3.25. The fourth-order valence-electron chi connectivity index (χ4n) is 2.22. The Morgan fingerprint density at radius 1 is 1.47 bits per heavy atom. The minimum atomic E-state index is -0.324. The Hall–Kier alpha value is -1.09. The first kappa shape index (κ1) is 10.4. The van der Waals surface area contributed by atoms with Gasteiger partial charge in [0.05, 0.1) is 0 Å². The minimum absolute atomic E-state index is 0.0258. The molecule has 82 valence electrons. The highest BCUT2D eigenvalue weighted by atomic mass is 19.1. The van der Waals surface area contributed by atoms with Gasteiger partial charge in [-0.2, -0.15) is 0 Å². The number of halogens is 1. The molecule has 1 fully saturated rings. The van der Waals surface area contributed by atoms with Crippen molar-refractivity contribution in [3.05, 3.63) is 29.1 Å². The summed E-state index contributed by atoms with van der Waals surface area (Å²) >= 11 is 0. The summed E-state index contributed by atoms with van der Waals surface area (Å²) in [5.74, 6) is -0.298. The Morgan fingerprint density at radius 2 is 2.20 bits per heavy atom. The van der Waals surface area contributed by atoms with Crippen molar-refractivity contribution in [1.82, 2.24) is 5.32 Å². The molecule has 1 unspecified atom stereocenters. The summed E-state index contributed by atoms with van der Waals surface area (Å²) in [6.45, 7) is 4.72. The average molecular weight is 209 g/mol. The van der Waals surface area contributed by atoms with Crippen molar-refractivity contribution in [2.45, 2.75) is 32.2 Å². The van der Waals surface area contributed by atoms with E-state index in [1.807, 2.05) is 6.92 Å². The fourth-order valence-corrected chi connectivity index (χ4v) is 2.22. The van der Waals surface area contributed by atoms with E-state index in [0.29, 0.717) is 5.56 Å². The molecule has 15 heavy (non-hydrogen) atoms. The van der Waals surface area contributed by atoms with Crippen LogP contribution < -0.4 is 5.32 Å². The Balaban J connectivity index is 2.48. The Labute approximate surface area is 89.1 Å². The molecular weight excluding hydrogens is 193 g/mol. The summed E-state index contributed by atoms with van der Waals surface area (Å²) < 4.78 is 13.7. The van der Waals surface area contributed by atoms with E-state index in [4.69, 9.17) is 0 Å². The van der Waals surface area contributed by atoms with Crippen LogP contribution in [-0.2, 0) is 5.54 Å². The van der Waals surface area contributed by atoms with E-state index < -0.39 is 0 Å². The zero-order valence-electron chi connectivity index (χ0n) is 9.10. The molecule has 0 spiro atoms. The SMILES string of the molecule is Cc1cc(C2(C)CCCN2)c(F)cc1O. The largest absolute Gasteiger partial charge is 0.508 e. The summed E-state index contributed by atoms with van der Waals surface area (Å²) in [5.41, 5.74) is 1.11. The predicted octanol–water partition coefficient (Wildman–Crippen LogP) is 2.44. The lowest BCUT2D eigenvalue weighted by atomic mass is 9.89. The number of benzene rings is 1. The van der Waals surface area contributed by atoms with E-state index in [-0.39, 0.29) is 17.1 Å². The van der Waals surface area contributed by atoms with Crippen LogP contribution >= 0.6 is 0 Å². The highest BCUT2D eigenvalue weighted by Gasteiger charge is 2.32. The molecule has 0 saturated carbocycles. The molecule has 1 aliphatic rings. The lowest BCUT2D eigenvalue weighted by molar-refractivity contribution is 0.404. The maximum absolute atomic E-state index is 13.7. The van der Waals surface area contributed by atoms with Gasteiger partial charge in [0.2, 0.25) is 0 Å². The van der Waals surface area contributed by atoms with Crippen LogP contribution in [0.3, 0.4) is 0 Å². The van der Waals surface area contributed by atoms with E-state index in [9.17, 15) is 9.50 Å². The monoisotopic (exact) mass is 209 g/mol. The molecule has 0 amide bonds. The lowest BCUT2D eigenvalue weighted by Crippen LogP contribution is -2.34. The molecule has 1 saturated heterocycles. The van der Waals surface area contributed by atoms with Gasteiger partial charge in [0, 0.05) is 17.2 Å². The van der Waals surface area contributed by atoms with Crippen molar-refractivity contribution in [2.24, 2.45) is 0 Å². The molecule has 2 N–H and O–H groups in total. The molecule has 2 nitrogen and oxygen atoms in total.